The van der Waals surface area contributed by atoms with Gasteiger partial charge in [0.25, 0.3) is 21.7 Å². The first-order valence-electron chi connectivity index (χ1n) is 11.3. The van der Waals surface area contributed by atoms with Gasteiger partial charge in [0.1, 0.15) is 11.6 Å². The number of aromatic nitrogens is 2. The average Bonchev–Trinajstić information content (AvgIpc) is 2.86. The van der Waals surface area contributed by atoms with Gasteiger partial charge in [-0.2, -0.15) is 17.0 Å². The Morgan fingerprint density at radius 2 is 2.00 bits per heavy atom. The molecule has 1 unspecified atom stereocenters. The van der Waals surface area contributed by atoms with Crippen molar-refractivity contribution in [3.8, 4) is 5.75 Å². The first-order valence-corrected chi connectivity index (χ1v) is 12.7. The predicted octanol–water partition coefficient (Wildman–Crippen LogP) is 1.31. The molecule has 1 saturated heterocycles. The number of halogens is 1. The number of ether oxygens (including phenoxy) is 1. The third-order valence-electron chi connectivity index (χ3n) is 6.32. The lowest BCUT2D eigenvalue weighted by molar-refractivity contribution is 0.0693. The van der Waals surface area contributed by atoms with Crippen molar-refractivity contribution in [1.82, 2.24) is 23.5 Å². The van der Waals surface area contributed by atoms with Gasteiger partial charge in [-0.15, -0.1) is 0 Å². The van der Waals surface area contributed by atoms with E-state index in [1.807, 2.05) is 0 Å². The highest BCUT2D eigenvalue weighted by Crippen LogP contribution is 2.31. The standard InChI is InChI=1S/C22H28FN5O6S.CH4/c1-14-12-15(5-6-16(14)23)13-24-21(30)18-19(29)22(31)28-7-3-4-17(20(28)25-18)26(2)35(32,33)27-8-10-34-11-9-27;/h5-6,12,17,29H,3-4,7-11,13H2,1-2H3,(H,24,30);1H4. The van der Waals surface area contributed by atoms with E-state index in [2.05, 4.69) is 10.3 Å². The molecule has 36 heavy (non-hydrogen) atoms. The van der Waals surface area contributed by atoms with Crippen molar-refractivity contribution in [2.45, 2.75) is 46.3 Å². The van der Waals surface area contributed by atoms with Crippen LogP contribution in [0.15, 0.2) is 23.0 Å². The molecule has 2 aliphatic rings. The van der Waals surface area contributed by atoms with Crippen molar-refractivity contribution in [1.29, 1.82) is 0 Å². The van der Waals surface area contributed by atoms with Gasteiger partial charge < -0.3 is 15.2 Å². The van der Waals surface area contributed by atoms with Crippen LogP contribution in [0.3, 0.4) is 0 Å². The molecule has 198 valence electrons. The number of aromatic hydroxyl groups is 1. The maximum atomic E-state index is 13.5. The van der Waals surface area contributed by atoms with Gasteiger partial charge in [0.2, 0.25) is 5.75 Å². The molecular formula is C23H32FN5O6S. The van der Waals surface area contributed by atoms with E-state index in [9.17, 15) is 27.5 Å². The lowest BCUT2D eigenvalue weighted by Gasteiger charge is -2.36. The van der Waals surface area contributed by atoms with Crippen molar-refractivity contribution in [2.75, 3.05) is 33.4 Å². The summed E-state index contributed by atoms with van der Waals surface area (Å²) in [7, 11) is -2.46. The van der Waals surface area contributed by atoms with Gasteiger partial charge in [0.05, 0.1) is 19.3 Å². The lowest BCUT2D eigenvalue weighted by atomic mass is 10.1. The van der Waals surface area contributed by atoms with Crippen LogP contribution >= 0.6 is 0 Å². The minimum absolute atomic E-state index is 0. The summed E-state index contributed by atoms with van der Waals surface area (Å²) in [6.45, 7) is 2.87. The van der Waals surface area contributed by atoms with E-state index in [1.165, 1.54) is 28.1 Å². The summed E-state index contributed by atoms with van der Waals surface area (Å²) in [5.74, 6) is -1.88. The Morgan fingerprint density at radius 3 is 2.67 bits per heavy atom. The van der Waals surface area contributed by atoms with Crippen molar-refractivity contribution in [3.63, 3.8) is 0 Å². The van der Waals surface area contributed by atoms with Crippen molar-refractivity contribution >= 4 is 16.1 Å². The van der Waals surface area contributed by atoms with Crippen LogP contribution in [-0.4, -0.2) is 70.9 Å². The van der Waals surface area contributed by atoms with Crippen LogP contribution in [0.5, 0.6) is 5.75 Å². The fourth-order valence-corrected chi connectivity index (χ4v) is 5.81. The van der Waals surface area contributed by atoms with E-state index in [0.717, 1.165) is 4.31 Å². The smallest absolute Gasteiger partial charge is 0.296 e. The van der Waals surface area contributed by atoms with Gasteiger partial charge in [0.15, 0.2) is 5.69 Å². The quantitative estimate of drug-likeness (QED) is 0.581. The molecule has 0 bridgehead atoms. The van der Waals surface area contributed by atoms with Crippen molar-refractivity contribution in [3.05, 3.63) is 57.0 Å². The van der Waals surface area contributed by atoms with E-state index < -0.39 is 39.2 Å². The Hall–Kier alpha value is -2.87. The summed E-state index contributed by atoms with van der Waals surface area (Å²) in [5.41, 5.74) is -0.249. The van der Waals surface area contributed by atoms with Crippen LogP contribution in [0.1, 0.15) is 53.7 Å². The second-order valence-corrected chi connectivity index (χ2v) is 10.6. The molecule has 2 aliphatic heterocycles. The molecule has 0 radical (unpaired) electrons. The number of fused-ring (bicyclic) bond motifs is 1. The normalized spacial score (nSPS) is 18.4. The highest BCUT2D eigenvalue weighted by Gasteiger charge is 2.38. The van der Waals surface area contributed by atoms with Gasteiger partial charge in [-0.25, -0.2) is 9.37 Å². The fraction of sp³-hybridized carbons (Fsp3) is 0.522. The number of aryl methyl sites for hydroxylation is 1. The van der Waals surface area contributed by atoms with Crippen LogP contribution < -0.4 is 10.9 Å². The van der Waals surface area contributed by atoms with E-state index >= 15 is 0 Å². The topological polar surface area (TPSA) is 134 Å². The molecule has 0 saturated carbocycles. The summed E-state index contributed by atoms with van der Waals surface area (Å²) in [6.07, 6.45) is 0.893. The molecule has 1 aromatic heterocycles. The molecular weight excluding hydrogens is 493 g/mol. The van der Waals surface area contributed by atoms with E-state index in [4.69, 9.17) is 4.74 Å². The maximum Gasteiger partial charge on any atom is 0.296 e. The molecule has 1 amide bonds. The Balaban J connectivity index is 0.00000361. The summed E-state index contributed by atoms with van der Waals surface area (Å²) in [5, 5.41) is 13.0. The summed E-state index contributed by atoms with van der Waals surface area (Å²) in [6, 6.07) is 3.58. The van der Waals surface area contributed by atoms with Gasteiger partial charge >= 0.3 is 0 Å². The third-order valence-corrected chi connectivity index (χ3v) is 8.32. The minimum Gasteiger partial charge on any atom is -0.501 e. The molecule has 0 aliphatic carbocycles. The SMILES string of the molecule is C.Cc1cc(CNC(=O)c2nc3n(c(=O)c2O)CCCC3N(C)S(=O)(=O)N2CCOCC2)ccc1F. The maximum absolute atomic E-state index is 13.5. The largest absolute Gasteiger partial charge is 0.501 e. The highest BCUT2D eigenvalue weighted by molar-refractivity contribution is 7.86. The molecule has 2 aromatic rings. The second-order valence-electron chi connectivity index (χ2n) is 8.58. The molecule has 4 rings (SSSR count). The van der Waals surface area contributed by atoms with Crippen LogP contribution in [0, 0.1) is 12.7 Å². The lowest BCUT2D eigenvalue weighted by Crippen LogP contribution is -2.49. The third kappa shape index (κ3) is 5.28. The van der Waals surface area contributed by atoms with Crippen LogP contribution in [0.2, 0.25) is 0 Å². The molecule has 0 spiro atoms. The van der Waals surface area contributed by atoms with Crippen molar-refractivity contribution in [2.24, 2.45) is 0 Å². The Kier molecular flexibility index (Phi) is 8.49. The molecule has 3 heterocycles. The summed E-state index contributed by atoms with van der Waals surface area (Å²) >= 11 is 0. The van der Waals surface area contributed by atoms with Crippen LogP contribution in [-0.2, 0) is 28.0 Å². The number of carbonyl (C=O) groups excluding carboxylic acids is 1. The molecule has 11 nitrogen and oxygen atoms in total. The number of hydrogen-bond donors (Lipinski definition) is 2. The van der Waals surface area contributed by atoms with Gasteiger partial charge in [-0.3, -0.25) is 14.2 Å². The summed E-state index contributed by atoms with van der Waals surface area (Å²) < 4.78 is 48.8. The zero-order chi connectivity index (χ0) is 25.3. The first kappa shape index (κ1) is 27.7. The number of amides is 1. The Labute approximate surface area is 209 Å². The zero-order valence-electron chi connectivity index (χ0n) is 19.5. The number of rotatable bonds is 6. The number of morpholine rings is 1. The highest BCUT2D eigenvalue weighted by atomic mass is 32.2. The van der Waals surface area contributed by atoms with Gasteiger partial charge in [-0.1, -0.05) is 19.6 Å². The van der Waals surface area contributed by atoms with E-state index in [0.29, 0.717) is 24.0 Å². The monoisotopic (exact) mass is 525 g/mol. The van der Waals surface area contributed by atoms with Crippen molar-refractivity contribution < 1.29 is 27.4 Å². The molecule has 1 atom stereocenters. The molecule has 2 N–H and O–H groups in total. The first-order chi connectivity index (χ1) is 16.6. The van der Waals surface area contributed by atoms with Gasteiger partial charge in [0, 0.05) is 33.2 Å². The molecule has 13 heteroatoms. The minimum atomic E-state index is -3.88. The number of benzene rings is 1. The summed E-state index contributed by atoms with van der Waals surface area (Å²) in [4.78, 5) is 30.0. The van der Waals surface area contributed by atoms with Crippen LogP contribution in [0.25, 0.3) is 0 Å². The number of hydrogen-bond acceptors (Lipinski definition) is 7. The average molecular weight is 526 g/mol. The fourth-order valence-electron chi connectivity index (χ4n) is 4.31. The second kappa shape index (κ2) is 11.0. The zero-order valence-corrected chi connectivity index (χ0v) is 20.3. The Morgan fingerprint density at radius 1 is 1.31 bits per heavy atom. The number of nitrogens with zero attached hydrogens (tertiary/aromatic N) is 4. The predicted molar refractivity (Wildman–Crippen MR) is 130 cm³/mol. The van der Waals surface area contributed by atoms with Gasteiger partial charge in [-0.05, 0) is 37.0 Å². The van der Waals surface area contributed by atoms with E-state index in [1.54, 1.807) is 13.0 Å². The van der Waals surface area contributed by atoms with Crippen LogP contribution in [0.4, 0.5) is 4.39 Å². The number of carbonyl (C=O) groups is 1. The molecule has 1 fully saturated rings. The number of nitrogens with one attached hydrogen (secondary N) is 1. The Bertz CT molecular complexity index is 1290. The van der Waals surface area contributed by atoms with E-state index in [-0.39, 0.29) is 58.5 Å². The molecule has 1 aromatic carbocycles.